The lowest BCUT2D eigenvalue weighted by atomic mass is 10.0. The first-order valence-corrected chi connectivity index (χ1v) is 11.7. The number of piperazine rings is 1. The van der Waals surface area contributed by atoms with E-state index in [4.69, 9.17) is 4.42 Å². The lowest BCUT2D eigenvalue weighted by Crippen LogP contribution is -2.49. The molecule has 1 fully saturated rings. The Morgan fingerprint density at radius 2 is 1.97 bits per heavy atom. The number of aryl methyl sites for hydroxylation is 1. The quantitative estimate of drug-likeness (QED) is 0.328. The molecule has 1 atom stereocenters. The van der Waals surface area contributed by atoms with Crippen molar-refractivity contribution in [2.75, 3.05) is 26.2 Å². The maximum Gasteiger partial charge on any atom is 0.289 e. The van der Waals surface area contributed by atoms with Gasteiger partial charge < -0.3 is 14.4 Å². The van der Waals surface area contributed by atoms with Gasteiger partial charge >= 0.3 is 0 Å². The summed E-state index contributed by atoms with van der Waals surface area (Å²) in [6.45, 7) is 3.98. The molecule has 34 heavy (non-hydrogen) atoms. The van der Waals surface area contributed by atoms with Gasteiger partial charge in [0, 0.05) is 44.7 Å². The Bertz CT molecular complexity index is 1320. The van der Waals surface area contributed by atoms with E-state index in [1.807, 2.05) is 6.92 Å². The molecule has 0 bridgehead atoms. The number of thiazole rings is 1. The summed E-state index contributed by atoms with van der Waals surface area (Å²) < 4.78 is 6.68. The molecule has 1 aromatic carbocycles. The number of furan rings is 1. The Morgan fingerprint density at radius 3 is 2.56 bits per heavy atom. The van der Waals surface area contributed by atoms with Crippen LogP contribution in [0.1, 0.15) is 39.8 Å². The molecule has 1 amide bonds. The zero-order chi connectivity index (χ0) is 23.8. The number of aromatic nitrogens is 3. The van der Waals surface area contributed by atoms with Gasteiger partial charge in [0.25, 0.3) is 11.6 Å². The molecule has 0 spiro atoms. The number of fused-ring (bicyclic) bond motifs is 1. The minimum Gasteiger partial charge on any atom is -0.492 e. The predicted octanol–water partition coefficient (Wildman–Crippen LogP) is 3.11. The summed E-state index contributed by atoms with van der Waals surface area (Å²) in [5.41, 5.74) is 0.794. The summed E-state index contributed by atoms with van der Waals surface area (Å²) in [6, 6.07) is 9.28. The first-order valence-electron chi connectivity index (χ1n) is 10.8. The van der Waals surface area contributed by atoms with Crippen LogP contribution in [0.4, 0.5) is 5.69 Å². The summed E-state index contributed by atoms with van der Waals surface area (Å²) in [5.74, 6) is 0.787. The highest BCUT2D eigenvalue weighted by Crippen LogP contribution is 2.40. The average Bonchev–Trinajstić information content (AvgIpc) is 3.59. The predicted molar refractivity (Wildman–Crippen MR) is 123 cm³/mol. The van der Waals surface area contributed by atoms with Crippen LogP contribution in [0.25, 0.3) is 4.96 Å². The summed E-state index contributed by atoms with van der Waals surface area (Å²) in [4.78, 5) is 33.0. The number of carbonyl (C=O) groups is 1. The van der Waals surface area contributed by atoms with E-state index in [9.17, 15) is 20.0 Å². The van der Waals surface area contributed by atoms with Gasteiger partial charge in [0.15, 0.2) is 11.6 Å². The molecule has 176 valence electrons. The molecular formula is C22H22N6O5S. The lowest BCUT2D eigenvalue weighted by Gasteiger charge is -2.38. The third-order valence-corrected chi connectivity index (χ3v) is 7.00. The van der Waals surface area contributed by atoms with Gasteiger partial charge in [-0.3, -0.25) is 19.8 Å². The van der Waals surface area contributed by atoms with Crippen LogP contribution in [0.3, 0.4) is 0 Å². The van der Waals surface area contributed by atoms with E-state index in [0.29, 0.717) is 54.0 Å². The highest BCUT2D eigenvalue weighted by atomic mass is 32.1. The van der Waals surface area contributed by atoms with Gasteiger partial charge in [-0.15, -0.1) is 5.10 Å². The second-order valence-electron chi connectivity index (χ2n) is 7.92. The van der Waals surface area contributed by atoms with Crippen LogP contribution in [0.2, 0.25) is 0 Å². The summed E-state index contributed by atoms with van der Waals surface area (Å²) in [7, 11) is 0. The minimum absolute atomic E-state index is 0.00387. The van der Waals surface area contributed by atoms with Crippen LogP contribution >= 0.6 is 11.3 Å². The van der Waals surface area contributed by atoms with Crippen molar-refractivity contribution in [3.63, 3.8) is 0 Å². The number of rotatable bonds is 6. The number of carbonyl (C=O) groups excluding carboxylic acids is 1. The maximum atomic E-state index is 12.7. The standard InChI is InChI=1S/C22H22N6O5S/c1-2-17-23-22-27(24-17)21(30)19(34-22)18(14-5-7-15(8-6-14)28(31)32)25-9-11-26(12-10-25)20(29)16-4-3-13-33-16/h3-8,13,18,30H,2,9-12H2,1H3/t18-/m1/s1. The number of aromatic hydroxyl groups is 1. The highest BCUT2D eigenvalue weighted by Gasteiger charge is 2.33. The molecule has 0 unspecified atom stereocenters. The first kappa shape index (κ1) is 22.0. The summed E-state index contributed by atoms with van der Waals surface area (Å²) in [6.07, 6.45) is 2.13. The van der Waals surface area contributed by atoms with Crippen molar-refractivity contribution in [1.29, 1.82) is 0 Å². The van der Waals surface area contributed by atoms with Gasteiger partial charge in [-0.2, -0.15) is 4.52 Å². The Kier molecular flexibility index (Phi) is 5.75. The van der Waals surface area contributed by atoms with Crippen molar-refractivity contribution < 1.29 is 19.2 Å². The second-order valence-corrected chi connectivity index (χ2v) is 8.93. The van der Waals surface area contributed by atoms with Gasteiger partial charge in [-0.1, -0.05) is 30.4 Å². The van der Waals surface area contributed by atoms with Crippen LogP contribution in [-0.2, 0) is 6.42 Å². The third kappa shape index (κ3) is 3.90. The van der Waals surface area contributed by atoms with Gasteiger partial charge in [0.2, 0.25) is 10.8 Å². The SMILES string of the molecule is CCc1nc2sc([C@@H](c3ccc([N+](=O)[O-])cc3)N3CCN(C(=O)c4ccco4)CC3)c(O)n2n1. The molecule has 4 heterocycles. The van der Waals surface area contributed by atoms with E-state index in [1.54, 1.807) is 29.2 Å². The number of amides is 1. The van der Waals surface area contributed by atoms with Gasteiger partial charge in [0.05, 0.1) is 22.1 Å². The molecular weight excluding hydrogens is 460 g/mol. The molecule has 1 saturated heterocycles. The van der Waals surface area contributed by atoms with E-state index < -0.39 is 4.92 Å². The number of nitrogens with zero attached hydrogens (tertiary/aromatic N) is 6. The molecule has 11 nitrogen and oxygen atoms in total. The van der Waals surface area contributed by atoms with Crippen molar-refractivity contribution in [2.45, 2.75) is 19.4 Å². The molecule has 5 rings (SSSR count). The second kappa shape index (κ2) is 8.88. The number of nitro benzene ring substituents is 1. The van der Waals surface area contributed by atoms with Crippen LogP contribution in [0.15, 0.2) is 47.1 Å². The minimum atomic E-state index is -0.440. The molecule has 12 heteroatoms. The van der Waals surface area contributed by atoms with Crippen molar-refractivity contribution in [3.8, 4) is 5.88 Å². The Balaban J connectivity index is 1.46. The van der Waals surface area contributed by atoms with Crippen molar-refractivity contribution in [3.05, 3.63) is 74.8 Å². The number of benzene rings is 1. The largest absolute Gasteiger partial charge is 0.492 e. The lowest BCUT2D eigenvalue weighted by molar-refractivity contribution is -0.384. The van der Waals surface area contributed by atoms with Crippen LogP contribution in [-0.4, -0.2) is 66.5 Å². The molecule has 0 aliphatic carbocycles. The smallest absolute Gasteiger partial charge is 0.289 e. The van der Waals surface area contributed by atoms with Crippen LogP contribution in [0.5, 0.6) is 5.88 Å². The fourth-order valence-corrected chi connectivity index (χ4v) is 5.30. The molecule has 4 aromatic rings. The fourth-order valence-electron chi connectivity index (χ4n) is 4.16. The molecule has 1 N–H and O–H groups in total. The average molecular weight is 483 g/mol. The Morgan fingerprint density at radius 1 is 1.24 bits per heavy atom. The molecule has 3 aromatic heterocycles. The first-order chi connectivity index (χ1) is 16.5. The number of nitro groups is 1. The van der Waals surface area contributed by atoms with Crippen LogP contribution < -0.4 is 0 Å². The summed E-state index contributed by atoms with van der Waals surface area (Å²) >= 11 is 1.34. The van der Waals surface area contributed by atoms with Gasteiger partial charge in [-0.25, -0.2) is 4.98 Å². The fraction of sp³-hybridized carbons (Fsp3) is 0.318. The molecule has 1 aliphatic rings. The maximum absolute atomic E-state index is 12.7. The van der Waals surface area contributed by atoms with E-state index in [0.717, 1.165) is 5.56 Å². The third-order valence-electron chi connectivity index (χ3n) is 5.93. The van der Waals surface area contributed by atoms with Crippen molar-refractivity contribution in [2.24, 2.45) is 0 Å². The molecule has 0 saturated carbocycles. The summed E-state index contributed by atoms with van der Waals surface area (Å²) in [5, 5.41) is 26.5. The monoisotopic (exact) mass is 482 g/mol. The Hall–Kier alpha value is -3.77. The zero-order valence-corrected chi connectivity index (χ0v) is 19.1. The van der Waals surface area contributed by atoms with Gasteiger partial charge in [-0.05, 0) is 17.7 Å². The normalized spacial score (nSPS) is 15.6. The van der Waals surface area contributed by atoms with Crippen molar-refractivity contribution in [1.82, 2.24) is 24.4 Å². The molecule has 0 radical (unpaired) electrons. The van der Waals surface area contributed by atoms with E-state index in [-0.39, 0.29) is 23.5 Å². The highest BCUT2D eigenvalue weighted by molar-refractivity contribution is 7.17. The Labute approximate surface area is 198 Å². The van der Waals surface area contributed by atoms with E-state index in [2.05, 4.69) is 15.0 Å². The van der Waals surface area contributed by atoms with E-state index >= 15 is 0 Å². The number of non-ortho nitro benzene ring substituents is 1. The zero-order valence-electron chi connectivity index (χ0n) is 18.3. The molecule has 1 aliphatic heterocycles. The topological polar surface area (TPSA) is 130 Å². The number of hydrogen-bond donors (Lipinski definition) is 1. The van der Waals surface area contributed by atoms with E-state index in [1.165, 1.54) is 34.2 Å². The number of hydrogen-bond acceptors (Lipinski definition) is 9. The van der Waals surface area contributed by atoms with Crippen LogP contribution in [0, 0.1) is 10.1 Å². The van der Waals surface area contributed by atoms with Crippen molar-refractivity contribution >= 4 is 27.9 Å². The van der Waals surface area contributed by atoms with Gasteiger partial charge in [0.1, 0.15) is 0 Å².